The number of methoxy groups -OCH3 is 1. The summed E-state index contributed by atoms with van der Waals surface area (Å²) in [5.74, 6) is 1.93. The van der Waals surface area contributed by atoms with E-state index >= 15 is 0 Å². The first kappa shape index (κ1) is 19.0. The van der Waals surface area contributed by atoms with Crippen LogP contribution in [0.5, 0.6) is 17.4 Å². The second-order valence-electron chi connectivity index (χ2n) is 5.65. The van der Waals surface area contributed by atoms with Crippen molar-refractivity contribution in [1.29, 1.82) is 0 Å². The Morgan fingerprint density at radius 3 is 2.84 bits per heavy atom. The van der Waals surface area contributed by atoms with Crippen LogP contribution in [-0.4, -0.2) is 30.6 Å². The molecule has 1 aliphatic rings. The van der Waals surface area contributed by atoms with Crippen molar-refractivity contribution in [3.8, 4) is 17.4 Å². The van der Waals surface area contributed by atoms with Crippen LogP contribution in [-0.2, 0) is 11.3 Å². The normalized spacial score (nSPS) is 16.0. The highest BCUT2D eigenvalue weighted by Gasteiger charge is 2.21. The van der Waals surface area contributed by atoms with Crippen molar-refractivity contribution < 1.29 is 14.3 Å². The van der Waals surface area contributed by atoms with Gasteiger partial charge in [0.25, 0.3) is 0 Å². The molecule has 3 rings (SSSR count). The Bertz CT molecular complexity index is 688. The quantitative estimate of drug-likeness (QED) is 0.825. The van der Waals surface area contributed by atoms with Crippen LogP contribution in [0.1, 0.15) is 18.4 Å². The summed E-state index contributed by atoms with van der Waals surface area (Å²) in [6.07, 6.45) is 3.66. The largest absolute Gasteiger partial charge is 0.497 e. The van der Waals surface area contributed by atoms with Crippen LogP contribution < -0.4 is 20.1 Å². The molecule has 0 aliphatic carbocycles. The Morgan fingerprint density at radius 1 is 1.32 bits per heavy atom. The maximum atomic E-state index is 12.0. The molecule has 25 heavy (non-hydrogen) atoms. The predicted molar refractivity (Wildman–Crippen MR) is 97.4 cm³/mol. The van der Waals surface area contributed by atoms with Gasteiger partial charge >= 0.3 is 0 Å². The molecule has 7 heteroatoms. The van der Waals surface area contributed by atoms with E-state index in [0.717, 1.165) is 30.7 Å². The summed E-state index contributed by atoms with van der Waals surface area (Å²) < 4.78 is 10.9. The van der Waals surface area contributed by atoms with Crippen LogP contribution in [0.15, 0.2) is 42.6 Å². The highest BCUT2D eigenvalue weighted by Crippen LogP contribution is 2.23. The topological polar surface area (TPSA) is 72.5 Å². The molecule has 1 aliphatic heterocycles. The molecule has 0 spiro atoms. The van der Waals surface area contributed by atoms with Gasteiger partial charge in [0.05, 0.1) is 13.2 Å². The number of carbonyl (C=O) groups excluding carboxylic acids is 1. The lowest BCUT2D eigenvalue weighted by Gasteiger charge is -2.11. The molecule has 0 bridgehead atoms. The molecule has 1 fully saturated rings. The fourth-order valence-corrected chi connectivity index (χ4v) is 2.58. The molecule has 1 amide bonds. The van der Waals surface area contributed by atoms with Gasteiger partial charge in [0.1, 0.15) is 11.5 Å². The molecular weight excluding hydrogens is 342 g/mol. The number of amides is 1. The van der Waals surface area contributed by atoms with Crippen molar-refractivity contribution in [2.24, 2.45) is 0 Å². The third-order valence-electron chi connectivity index (χ3n) is 3.90. The van der Waals surface area contributed by atoms with Crippen molar-refractivity contribution >= 4 is 18.3 Å². The number of carbonyl (C=O) groups is 1. The molecular formula is C18H22ClN3O3. The first-order chi connectivity index (χ1) is 11.7. The zero-order valence-corrected chi connectivity index (χ0v) is 14.8. The van der Waals surface area contributed by atoms with Crippen LogP contribution in [0.2, 0.25) is 0 Å². The fourth-order valence-electron chi connectivity index (χ4n) is 2.58. The van der Waals surface area contributed by atoms with Gasteiger partial charge in [-0.25, -0.2) is 4.98 Å². The number of hydrogen-bond acceptors (Lipinski definition) is 5. The summed E-state index contributed by atoms with van der Waals surface area (Å²) in [4.78, 5) is 16.2. The van der Waals surface area contributed by atoms with E-state index in [0.29, 0.717) is 18.2 Å². The van der Waals surface area contributed by atoms with E-state index < -0.39 is 0 Å². The molecule has 134 valence electrons. The Hall–Kier alpha value is -2.31. The van der Waals surface area contributed by atoms with Crippen molar-refractivity contribution in [2.45, 2.75) is 25.4 Å². The van der Waals surface area contributed by atoms with Gasteiger partial charge in [0.2, 0.25) is 11.8 Å². The first-order valence-corrected chi connectivity index (χ1v) is 8.02. The van der Waals surface area contributed by atoms with E-state index in [4.69, 9.17) is 9.47 Å². The second kappa shape index (κ2) is 9.25. The number of benzene rings is 1. The molecule has 2 N–H and O–H groups in total. The monoisotopic (exact) mass is 363 g/mol. The molecule has 1 aromatic carbocycles. The smallest absolute Gasteiger partial charge is 0.237 e. The zero-order chi connectivity index (χ0) is 16.8. The molecule has 2 aromatic rings. The molecule has 1 atom stereocenters. The van der Waals surface area contributed by atoms with E-state index in [2.05, 4.69) is 15.6 Å². The molecule has 0 radical (unpaired) electrons. The van der Waals surface area contributed by atoms with Crippen LogP contribution in [0, 0.1) is 0 Å². The molecule has 2 heterocycles. The molecule has 1 saturated heterocycles. The van der Waals surface area contributed by atoms with E-state index in [1.807, 2.05) is 24.3 Å². The number of halogens is 1. The minimum absolute atomic E-state index is 0. The lowest BCUT2D eigenvalue weighted by Crippen LogP contribution is -2.40. The number of rotatable bonds is 6. The Labute approximate surface area is 153 Å². The standard InChI is InChI=1S/C18H21N3O3.ClH/c1-23-14-4-2-5-15(10-14)24-17-8-7-13(11-20-17)12-21-18(22)16-6-3-9-19-16;/h2,4-5,7-8,10-11,16,19H,3,6,9,12H2,1H3,(H,21,22);1H. The number of nitrogens with one attached hydrogen (secondary N) is 2. The van der Waals surface area contributed by atoms with E-state index in [9.17, 15) is 4.79 Å². The summed E-state index contributed by atoms with van der Waals surface area (Å²) in [6, 6.07) is 11.0. The van der Waals surface area contributed by atoms with Gasteiger partial charge in [0, 0.05) is 24.9 Å². The van der Waals surface area contributed by atoms with E-state index in [-0.39, 0.29) is 24.4 Å². The van der Waals surface area contributed by atoms with Gasteiger partial charge in [-0.2, -0.15) is 0 Å². The van der Waals surface area contributed by atoms with Crippen LogP contribution >= 0.6 is 12.4 Å². The van der Waals surface area contributed by atoms with Crippen molar-refractivity contribution in [3.05, 3.63) is 48.2 Å². The number of nitrogens with zero attached hydrogens (tertiary/aromatic N) is 1. The highest BCUT2D eigenvalue weighted by molar-refractivity contribution is 5.85. The van der Waals surface area contributed by atoms with Crippen LogP contribution in [0.25, 0.3) is 0 Å². The Balaban J connectivity index is 0.00000225. The molecule has 0 saturated carbocycles. The Kier molecular flexibility index (Phi) is 7.03. The van der Waals surface area contributed by atoms with E-state index in [1.165, 1.54) is 0 Å². The summed E-state index contributed by atoms with van der Waals surface area (Å²) in [5.41, 5.74) is 0.930. The second-order valence-corrected chi connectivity index (χ2v) is 5.65. The van der Waals surface area contributed by atoms with Gasteiger partial charge in [-0.1, -0.05) is 12.1 Å². The highest BCUT2D eigenvalue weighted by atomic mass is 35.5. The van der Waals surface area contributed by atoms with Gasteiger partial charge in [-0.3, -0.25) is 4.79 Å². The average Bonchev–Trinajstić information content (AvgIpc) is 3.16. The average molecular weight is 364 g/mol. The minimum atomic E-state index is -0.0615. The number of aromatic nitrogens is 1. The van der Waals surface area contributed by atoms with E-state index in [1.54, 1.807) is 25.4 Å². The van der Waals surface area contributed by atoms with Crippen LogP contribution in [0.3, 0.4) is 0 Å². The Morgan fingerprint density at radius 2 is 2.16 bits per heavy atom. The summed E-state index contributed by atoms with van der Waals surface area (Å²) >= 11 is 0. The fraction of sp³-hybridized carbons (Fsp3) is 0.333. The first-order valence-electron chi connectivity index (χ1n) is 8.02. The third kappa shape index (κ3) is 5.34. The van der Waals surface area contributed by atoms with Crippen molar-refractivity contribution in [3.63, 3.8) is 0 Å². The third-order valence-corrected chi connectivity index (χ3v) is 3.90. The lowest BCUT2D eigenvalue weighted by molar-refractivity contribution is -0.122. The van der Waals surface area contributed by atoms with Gasteiger partial charge in [-0.05, 0) is 37.1 Å². The van der Waals surface area contributed by atoms with Crippen LogP contribution in [0.4, 0.5) is 0 Å². The molecule has 1 aromatic heterocycles. The van der Waals surface area contributed by atoms with Crippen molar-refractivity contribution in [1.82, 2.24) is 15.6 Å². The molecule has 1 unspecified atom stereocenters. The minimum Gasteiger partial charge on any atom is -0.497 e. The molecule has 6 nitrogen and oxygen atoms in total. The maximum Gasteiger partial charge on any atom is 0.237 e. The summed E-state index contributed by atoms with van der Waals surface area (Å²) in [7, 11) is 1.61. The lowest BCUT2D eigenvalue weighted by atomic mass is 10.2. The summed E-state index contributed by atoms with van der Waals surface area (Å²) in [5, 5.41) is 6.11. The SMILES string of the molecule is COc1cccc(Oc2ccc(CNC(=O)C3CCCN3)cn2)c1.Cl. The number of ether oxygens (including phenoxy) is 2. The predicted octanol–water partition coefficient (Wildman–Crippen LogP) is 2.67. The van der Waals surface area contributed by atoms with Gasteiger partial charge in [0.15, 0.2) is 0 Å². The van der Waals surface area contributed by atoms with Gasteiger partial charge < -0.3 is 20.1 Å². The summed E-state index contributed by atoms with van der Waals surface area (Å²) in [6.45, 7) is 1.37. The zero-order valence-electron chi connectivity index (χ0n) is 14.0. The van der Waals surface area contributed by atoms with Crippen molar-refractivity contribution in [2.75, 3.05) is 13.7 Å². The number of hydrogen-bond donors (Lipinski definition) is 2. The maximum absolute atomic E-state index is 12.0. The number of pyridine rings is 1. The van der Waals surface area contributed by atoms with Gasteiger partial charge in [-0.15, -0.1) is 12.4 Å².